The second kappa shape index (κ2) is 8.27. The number of ether oxygens (including phenoxy) is 1. The normalized spacial score (nSPS) is 11.4. The van der Waals surface area contributed by atoms with Gasteiger partial charge in [0, 0.05) is 38.1 Å². The maximum atomic E-state index is 5.33. The Morgan fingerprint density at radius 1 is 1.44 bits per heavy atom. The summed E-state index contributed by atoms with van der Waals surface area (Å²) in [5.74, 6) is 0.687. The fourth-order valence-corrected chi connectivity index (χ4v) is 1.82. The summed E-state index contributed by atoms with van der Waals surface area (Å²) in [6.07, 6.45) is 3.17. The molecule has 0 bridgehead atoms. The van der Waals surface area contributed by atoms with Crippen LogP contribution in [0.5, 0.6) is 0 Å². The third-order valence-corrected chi connectivity index (χ3v) is 2.80. The zero-order valence-corrected chi connectivity index (χ0v) is 12.2. The van der Waals surface area contributed by atoms with E-state index in [4.69, 9.17) is 4.74 Å². The number of nitrogens with one attached hydrogen (secondary N) is 1. The van der Waals surface area contributed by atoms with Gasteiger partial charge in [-0.25, -0.2) is 0 Å². The third-order valence-electron chi connectivity index (χ3n) is 2.80. The van der Waals surface area contributed by atoms with E-state index in [2.05, 4.69) is 37.4 Å². The van der Waals surface area contributed by atoms with Gasteiger partial charge in [-0.3, -0.25) is 4.68 Å². The average molecular weight is 253 g/mol. The van der Waals surface area contributed by atoms with Crippen LogP contribution in [-0.4, -0.2) is 29.5 Å². The molecule has 0 saturated carbocycles. The summed E-state index contributed by atoms with van der Waals surface area (Å²) in [5.41, 5.74) is 2.43. The van der Waals surface area contributed by atoms with Crippen LogP contribution in [0.25, 0.3) is 0 Å². The minimum Gasteiger partial charge on any atom is -0.382 e. The van der Waals surface area contributed by atoms with E-state index in [1.165, 1.54) is 5.56 Å². The highest BCUT2D eigenvalue weighted by atomic mass is 16.5. The molecule has 0 fully saturated rings. The van der Waals surface area contributed by atoms with Crippen LogP contribution in [-0.2, 0) is 17.8 Å². The van der Waals surface area contributed by atoms with Crippen molar-refractivity contribution in [1.82, 2.24) is 15.1 Å². The average Bonchev–Trinajstić information content (AvgIpc) is 2.65. The second-order valence-corrected chi connectivity index (χ2v) is 5.08. The lowest BCUT2D eigenvalue weighted by atomic mass is 10.2. The van der Waals surface area contributed by atoms with E-state index in [9.17, 15) is 0 Å². The number of aromatic nitrogens is 2. The first-order chi connectivity index (χ1) is 8.63. The molecule has 1 N–H and O–H groups in total. The Morgan fingerprint density at radius 2 is 2.22 bits per heavy atom. The monoisotopic (exact) mass is 253 g/mol. The Labute approximate surface area is 111 Å². The molecule has 0 unspecified atom stereocenters. The van der Waals surface area contributed by atoms with Crippen LogP contribution >= 0.6 is 0 Å². The molecular formula is C14H27N3O. The first-order valence-electron chi connectivity index (χ1n) is 6.94. The number of rotatable bonds is 9. The molecule has 0 atom stereocenters. The van der Waals surface area contributed by atoms with E-state index in [1.54, 1.807) is 0 Å². The highest BCUT2D eigenvalue weighted by molar-refractivity contribution is 5.14. The lowest BCUT2D eigenvalue weighted by molar-refractivity contribution is 0.140. The van der Waals surface area contributed by atoms with Gasteiger partial charge in [-0.05, 0) is 32.7 Å². The van der Waals surface area contributed by atoms with E-state index in [1.807, 2.05) is 11.6 Å². The van der Waals surface area contributed by atoms with Crippen LogP contribution in [0.3, 0.4) is 0 Å². The summed E-state index contributed by atoms with van der Waals surface area (Å²) in [6.45, 7) is 13.0. The van der Waals surface area contributed by atoms with Crippen LogP contribution in [0, 0.1) is 12.8 Å². The number of hydrogen-bond donors (Lipinski definition) is 1. The van der Waals surface area contributed by atoms with Crippen LogP contribution < -0.4 is 5.32 Å². The van der Waals surface area contributed by atoms with E-state index >= 15 is 0 Å². The Kier molecular flexibility index (Phi) is 6.98. The smallest absolute Gasteiger partial charge is 0.0638 e. The Morgan fingerprint density at radius 3 is 2.89 bits per heavy atom. The number of hydrogen-bond acceptors (Lipinski definition) is 3. The molecule has 0 radical (unpaired) electrons. The highest BCUT2D eigenvalue weighted by Crippen LogP contribution is 2.06. The molecule has 4 nitrogen and oxygen atoms in total. The van der Waals surface area contributed by atoms with Gasteiger partial charge in [-0.1, -0.05) is 13.8 Å². The summed E-state index contributed by atoms with van der Waals surface area (Å²) in [5, 5.41) is 7.98. The lowest BCUT2D eigenvalue weighted by Crippen LogP contribution is -2.19. The predicted octanol–water partition coefficient (Wildman–Crippen LogP) is 2.36. The van der Waals surface area contributed by atoms with Crippen LogP contribution in [0.2, 0.25) is 0 Å². The molecule has 0 aliphatic heterocycles. The van der Waals surface area contributed by atoms with E-state index < -0.39 is 0 Å². The van der Waals surface area contributed by atoms with Gasteiger partial charge in [-0.2, -0.15) is 5.10 Å². The molecule has 1 rings (SSSR count). The van der Waals surface area contributed by atoms with Gasteiger partial charge in [0.15, 0.2) is 0 Å². The maximum Gasteiger partial charge on any atom is 0.0638 e. The third kappa shape index (κ3) is 5.65. The van der Waals surface area contributed by atoms with E-state index in [-0.39, 0.29) is 0 Å². The zero-order valence-electron chi connectivity index (χ0n) is 12.2. The van der Waals surface area contributed by atoms with Gasteiger partial charge in [0.2, 0.25) is 0 Å². The standard InChI is InChI=1S/C14H27N3O/c1-5-18-8-6-7-17-11-14(13(4)16-17)10-15-9-12(2)3/h11-12,15H,5-10H2,1-4H3. The molecule has 4 heteroatoms. The molecule has 0 saturated heterocycles. The van der Waals surface area contributed by atoms with Crippen molar-refractivity contribution in [1.29, 1.82) is 0 Å². The van der Waals surface area contributed by atoms with Crippen molar-refractivity contribution in [2.45, 2.75) is 47.2 Å². The first-order valence-corrected chi connectivity index (χ1v) is 6.94. The van der Waals surface area contributed by atoms with Gasteiger partial charge in [0.1, 0.15) is 0 Å². The summed E-state index contributed by atoms with van der Waals surface area (Å²) < 4.78 is 7.36. The Balaban J connectivity index is 2.33. The predicted molar refractivity (Wildman–Crippen MR) is 74.6 cm³/mol. The molecule has 18 heavy (non-hydrogen) atoms. The first kappa shape index (κ1) is 15.2. The quantitative estimate of drug-likeness (QED) is 0.687. The summed E-state index contributed by atoms with van der Waals surface area (Å²) in [7, 11) is 0. The van der Waals surface area contributed by atoms with Crippen molar-refractivity contribution in [2.75, 3.05) is 19.8 Å². The minimum atomic E-state index is 0.687. The second-order valence-electron chi connectivity index (χ2n) is 5.08. The maximum absolute atomic E-state index is 5.33. The van der Waals surface area contributed by atoms with E-state index in [0.29, 0.717) is 5.92 Å². The van der Waals surface area contributed by atoms with Gasteiger partial charge < -0.3 is 10.1 Å². The number of aryl methyl sites for hydroxylation is 2. The van der Waals surface area contributed by atoms with Gasteiger partial charge in [0.05, 0.1) is 5.69 Å². The van der Waals surface area contributed by atoms with Crippen molar-refractivity contribution in [3.63, 3.8) is 0 Å². The molecule has 0 spiro atoms. The molecule has 1 aromatic rings. The lowest BCUT2D eigenvalue weighted by Gasteiger charge is -2.06. The van der Waals surface area contributed by atoms with Crippen LogP contribution in [0.15, 0.2) is 6.20 Å². The molecule has 104 valence electrons. The molecule has 1 heterocycles. The topological polar surface area (TPSA) is 39.1 Å². The minimum absolute atomic E-state index is 0.687. The van der Waals surface area contributed by atoms with Gasteiger partial charge in [0.25, 0.3) is 0 Å². The van der Waals surface area contributed by atoms with Gasteiger partial charge >= 0.3 is 0 Å². The van der Waals surface area contributed by atoms with Crippen molar-refractivity contribution in [3.8, 4) is 0 Å². The molecule has 0 aliphatic rings. The number of nitrogens with zero attached hydrogens (tertiary/aromatic N) is 2. The highest BCUT2D eigenvalue weighted by Gasteiger charge is 2.04. The molecule has 1 aromatic heterocycles. The summed E-state index contributed by atoms with van der Waals surface area (Å²) in [6, 6.07) is 0. The van der Waals surface area contributed by atoms with Crippen molar-refractivity contribution >= 4 is 0 Å². The summed E-state index contributed by atoms with van der Waals surface area (Å²) in [4.78, 5) is 0. The largest absolute Gasteiger partial charge is 0.382 e. The van der Waals surface area contributed by atoms with Crippen molar-refractivity contribution < 1.29 is 4.74 Å². The zero-order chi connectivity index (χ0) is 13.4. The van der Waals surface area contributed by atoms with Gasteiger partial charge in [-0.15, -0.1) is 0 Å². The molecule has 0 amide bonds. The van der Waals surface area contributed by atoms with E-state index in [0.717, 1.165) is 45.0 Å². The molecular weight excluding hydrogens is 226 g/mol. The fraction of sp³-hybridized carbons (Fsp3) is 0.786. The molecule has 0 aliphatic carbocycles. The fourth-order valence-electron chi connectivity index (χ4n) is 1.82. The molecule has 0 aromatic carbocycles. The van der Waals surface area contributed by atoms with Crippen LogP contribution in [0.1, 0.15) is 38.4 Å². The SMILES string of the molecule is CCOCCCn1cc(CNCC(C)C)c(C)n1. The Bertz CT molecular complexity index is 334. The van der Waals surface area contributed by atoms with Crippen molar-refractivity contribution in [3.05, 3.63) is 17.5 Å². The van der Waals surface area contributed by atoms with Crippen LogP contribution in [0.4, 0.5) is 0 Å². The van der Waals surface area contributed by atoms with Crippen molar-refractivity contribution in [2.24, 2.45) is 5.92 Å². The summed E-state index contributed by atoms with van der Waals surface area (Å²) >= 11 is 0. The Hall–Kier alpha value is -0.870.